The molecule has 2 aliphatic heterocycles. The van der Waals surface area contributed by atoms with Crippen LogP contribution in [0.2, 0.25) is 0 Å². The van der Waals surface area contributed by atoms with Gasteiger partial charge in [-0.1, -0.05) is 30.3 Å². The van der Waals surface area contributed by atoms with Crippen LogP contribution in [0, 0.1) is 6.92 Å². The molecule has 0 radical (unpaired) electrons. The Morgan fingerprint density at radius 2 is 1.91 bits per heavy atom. The highest BCUT2D eigenvalue weighted by Crippen LogP contribution is 2.29. The van der Waals surface area contributed by atoms with Crippen molar-refractivity contribution in [1.82, 2.24) is 15.6 Å². The minimum absolute atomic E-state index is 0.0356. The molecule has 2 fully saturated rings. The highest BCUT2D eigenvalue weighted by atomic mass is 32.1. The minimum Gasteiger partial charge on any atom is -0.348 e. The first-order chi connectivity index (χ1) is 11.2. The van der Waals surface area contributed by atoms with Gasteiger partial charge in [0, 0.05) is 23.7 Å². The molecule has 2 bridgehead atoms. The van der Waals surface area contributed by atoms with Gasteiger partial charge in [0.05, 0.1) is 5.69 Å². The second kappa shape index (κ2) is 6.06. The van der Waals surface area contributed by atoms with Crippen LogP contribution in [-0.4, -0.2) is 29.0 Å². The largest absolute Gasteiger partial charge is 0.348 e. The molecule has 4 rings (SSSR count). The predicted octanol–water partition coefficient (Wildman–Crippen LogP) is 3.13. The molecule has 2 aliphatic rings. The predicted molar refractivity (Wildman–Crippen MR) is 92.7 cm³/mol. The fraction of sp³-hybridized carbons (Fsp3) is 0.444. The molecule has 2 saturated heterocycles. The molecular weight excluding hydrogens is 306 g/mol. The average Bonchev–Trinajstić information content (AvgIpc) is 3.11. The van der Waals surface area contributed by atoms with Crippen LogP contribution in [0.25, 0.3) is 10.6 Å². The van der Waals surface area contributed by atoms with Crippen LogP contribution in [0.3, 0.4) is 0 Å². The Labute approximate surface area is 140 Å². The van der Waals surface area contributed by atoms with Gasteiger partial charge in [0.1, 0.15) is 9.88 Å². The van der Waals surface area contributed by atoms with E-state index in [0.29, 0.717) is 18.1 Å². The number of thiazole rings is 1. The second-order valence-electron chi connectivity index (χ2n) is 6.58. The van der Waals surface area contributed by atoms with Gasteiger partial charge in [0.25, 0.3) is 5.91 Å². The fourth-order valence-corrected chi connectivity index (χ4v) is 4.71. The summed E-state index contributed by atoms with van der Waals surface area (Å²) in [6, 6.07) is 11.5. The molecule has 0 aliphatic carbocycles. The van der Waals surface area contributed by atoms with E-state index in [1.165, 1.54) is 24.2 Å². The summed E-state index contributed by atoms with van der Waals surface area (Å²) in [4.78, 5) is 18.0. The molecule has 1 aromatic carbocycles. The van der Waals surface area contributed by atoms with Crippen molar-refractivity contribution >= 4 is 17.2 Å². The van der Waals surface area contributed by atoms with Gasteiger partial charge in [-0.15, -0.1) is 11.3 Å². The Bertz CT molecular complexity index is 700. The summed E-state index contributed by atoms with van der Waals surface area (Å²) in [6.07, 6.45) is 4.58. The molecule has 4 nitrogen and oxygen atoms in total. The summed E-state index contributed by atoms with van der Waals surface area (Å²) in [5.41, 5.74) is 1.89. The first-order valence-electron chi connectivity index (χ1n) is 8.29. The summed E-state index contributed by atoms with van der Waals surface area (Å²) in [5.74, 6) is 0.0356. The van der Waals surface area contributed by atoms with Crippen molar-refractivity contribution in [2.45, 2.75) is 50.7 Å². The van der Waals surface area contributed by atoms with Gasteiger partial charge in [-0.2, -0.15) is 0 Å². The highest BCUT2D eigenvalue weighted by molar-refractivity contribution is 7.17. The van der Waals surface area contributed by atoms with Gasteiger partial charge in [0.15, 0.2) is 0 Å². The SMILES string of the molecule is Cc1nc(-c2ccccc2)sc1C(=O)NC1CC2CCC(C1)N2. The van der Waals surface area contributed by atoms with E-state index < -0.39 is 0 Å². The van der Waals surface area contributed by atoms with E-state index in [1.807, 2.05) is 37.3 Å². The Balaban J connectivity index is 1.49. The molecule has 120 valence electrons. The van der Waals surface area contributed by atoms with Crippen molar-refractivity contribution in [2.24, 2.45) is 0 Å². The molecule has 0 saturated carbocycles. The number of carbonyl (C=O) groups excluding carboxylic acids is 1. The number of fused-ring (bicyclic) bond motifs is 2. The van der Waals surface area contributed by atoms with Gasteiger partial charge >= 0.3 is 0 Å². The normalized spacial score (nSPS) is 26.2. The van der Waals surface area contributed by atoms with Gasteiger partial charge in [-0.25, -0.2) is 4.98 Å². The van der Waals surface area contributed by atoms with Gasteiger partial charge in [-0.05, 0) is 32.6 Å². The molecule has 2 aromatic rings. The molecular formula is C18H21N3OS. The van der Waals surface area contributed by atoms with Crippen LogP contribution >= 0.6 is 11.3 Å². The lowest BCUT2D eigenvalue weighted by molar-refractivity contribution is 0.0927. The first kappa shape index (κ1) is 14.8. The number of carbonyl (C=O) groups is 1. The number of nitrogens with one attached hydrogen (secondary N) is 2. The van der Waals surface area contributed by atoms with Crippen molar-refractivity contribution in [3.63, 3.8) is 0 Å². The van der Waals surface area contributed by atoms with Gasteiger partial charge in [0.2, 0.25) is 0 Å². The number of piperidine rings is 1. The maximum Gasteiger partial charge on any atom is 0.263 e. The average molecular weight is 327 g/mol. The van der Waals surface area contributed by atoms with Crippen molar-refractivity contribution in [3.05, 3.63) is 40.9 Å². The van der Waals surface area contributed by atoms with E-state index in [1.54, 1.807) is 0 Å². The van der Waals surface area contributed by atoms with Crippen LogP contribution in [0.15, 0.2) is 30.3 Å². The summed E-state index contributed by atoms with van der Waals surface area (Å²) in [6.45, 7) is 1.92. The maximum absolute atomic E-state index is 12.7. The van der Waals surface area contributed by atoms with Crippen molar-refractivity contribution in [3.8, 4) is 10.6 Å². The molecule has 5 heteroatoms. The van der Waals surface area contributed by atoms with E-state index in [0.717, 1.165) is 34.0 Å². The summed E-state index contributed by atoms with van der Waals surface area (Å²) >= 11 is 1.49. The Hall–Kier alpha value is -1.72. The summed E-state index contributed by atoms with van der Waals surface area (Å²) < 4.78 is 0. The zero-order valence-electron chi connectivity index (χ0n) is 13.2. The number of nitrogens with zero attached hydrogens (tertiary/aromatic N) is 1. The van der Waals surface area contributed by atoms with E-state index >= 15 is 0 Å². The third-order valence-electron chi connectivity index (χ3n) is 4.83. The van der Waals surface area contributed by atoms with Crippen LogP contribution in [-0.2, 0) is 0 Å². The molecule has 2 N–H and O–H groups in total. The lowest BCUT2D eigenvalue weighted by atomic mass is 10.00. The molecule has 2 atom stereocenters. The fourth-order valence-electron chi connectivity index (χ4n) is 3.74. The number of hydrogen-bond donors (Lipinski definition) is 2. The standard InChI is InChI=1S/C18H21N3OS/c1-11-16(23-18(19-11)12-5-3-2-4-6-12)17(22)21-15-9-13-7-8-14(10-15)20-13/h2-6,13-15,20H,7-10H2,1H3,(H,21,22). The Kier molecular flexibility index (Phi) is 3.91. The lowest BCUT2D eigenvalue weighted by Gasteiger charge is -2.29. The lowest BCUT2D eigenvalue weighted by Crippen LogP contribution is -2.48. The third-order valence-corrected chi connectivity index (χ3v) is 6.04. The monoisotopic (exact) mass is 327 g/mol. The summed E-state index contributed by atoms with van der Waals surface area (Å²) in [5, 5.41) is 7.76. The zero-order valence-corrected chi connectivity index (χ0v) is 14.0. The number of rotatable bonds is 3. The number of benzene rings is 1. The number of aryl methyl sites for hydroxylation is 1. The number of amides is 1. The van der Waals surface area contributed by atoms with Crippen molar-refractivity contribution < 1.29 is 4.79 Å². The zero-order chi connectivity index (χ0) is 15.8. The highest BCUT2D eigenvalue weighted by Gasteiger charge is 2.34. The maximum atomic E-state index is 12.7. The molecule has 1 aromatic heterocycles. The third kappa shape index (κ3) is 3.03. The van der Waals surface area contributed by atoms with Crippen molar-refractivity contribution in [2.75, 3.05) is 0 Å². The van der Waals surface area contributed by atoms with E-state index in [2.05, 4.69) is 15.6 Å². The quantitative estimate of drug-likeness (QED) is 0.910. The van der Waals surface area contributed by atoms with Crippen LogP contribution < -0.4 is 10.6 Å². The molecule has 3 heterocycles. The number of hydrogen-bond acceptors (Lipinski definition) is 4. The second-order valence-corrected chi connectivity index (χ2v) is 7.58. The Morgan fingerprint density at radius 1 is 1.22 bits per heavy atom. The number of aromatic nitrogens is 1. The van der Waals surface area contributed by atoms with Crippen LogP contribution in [0.5, 0.6) is 0 Å². The van der Waals surface area contributed by atoms with Gasteiger partial charge < -0.3 is 10.6 Å². The van der Waals surface area contributed by atoms with Crippen LogP contribution in [0.4, 0.5) is 0 Å². The Morgan fingerprint density at radius 3 is 2.61 bits per heavy atom. The molecule has 23 heavy (non-hydrogen) atoms. The molecule has 2 unspecified atom stereocenters. The van der Waals surface area contributed by atoms with E-state index in [-0.39, 0.29) is 5.91 Å². The van der Waals surface area contributed by atoms with E-state index in [4.69, 9.17) is 0 Å². The topological polar surface area (TPSA) is 54.0 Å². The van der Waals surface area contributed by atoms with E-state index in [9.17, 15) is 4.79 Å². The van der Waals surface area contributed by atoms with Gasteiger partial charge in [-0.3, -0.25) is 4.79 Å². The van der Waals surface area contributed by atoms with Crippen LogP contribution in [0.1, 0.15) is 41.0 Å². The first-order valence-corrected chi connectivity index (χ1v) is 9.10. The minimum atomic E-state index is 0.0356. The van der Waals surface area contributed by atoms with Crippen molar-refractivity contribution in [1.29, 1.82) is 0 Å². The summed E-state index contributed by atoms with van der Waals surface area (Å²) in [7, 11) is 0. The molecule has 0 spiro atoms. The molecule has 1 amide bonds. The smallest absolute Gasteiger partial charge is 0.263 e.